The first-order valence-electron chi connectivity index (χ1n) is 4.93. The molecule has 0 saturated carbocycles. The Morgan fingerprint density at radius 2 is 2.00 bits per heavy atom. The molecule has 0 saturated heterocycles. The summed E-state index contributed by atoms with van der Waals surface area (Å²) in [5.41, 5.74) is 0. The summed E-state index contributed by atoms with van der Waals surface area (Å²) in [6, 6.07) is 0. The highest BCUT2D eigenvalue weighted by atomic mass is 19.1. The summed E-state index contributed by atoms with van der Waals surface area (Å²) in [4.78, 5) is 24.7. The molecule has 0 unspecified atom stereocenters. The lowest BCUT2D eigenvalue weighted by Crippen LogP contribution is -2.42. The number of carbonyl (C=O) groups excluding carboxylic acids is 2. The van der Waals surface area contributed by atoms with Crippen LogP contribution in [0.2, 0.25) is 0 Å². The zero-order chi connectivity index (χ0) is 13.4. The van der Waals surface area contributed by atoms with Gasteiger partial charge < -0.3 is 14.6 Å². The zero-order valence-corrected chi connectivity index (χ0v) is 9.92. The van der Waals surface area contributed by atoms with E-state index in [4.69, 9.17) is 0 Å². The van der Waals surface area contributed by atoms with Crippen LogP contribution in [0.15, 0.2) is 4.99 Å². The summed E-state index contributed by atoms with van der Waals surface area (Å²) < 4.78 is 22.6. The number of hydrogen-bond donors (Lipinski definition) is 1. The van der Waals surface area contributed by atoms with Gasteiger partial charge in [-0.1, -0.05) is 0 Å². The predicted octanol–water partition coefficient (Wildman–Crippen LogP) is -0.119. The average Bonchev–Trinajstić information content (AvgIpc) is 2.22. The van der Waals surface area contributed by atoms with Gasteiger partial charge in [0.25, 0.3) is 0 Å². The Balaban J connectivity index is 4.54. The summed E-state index contributed by atoms with van der Waals surface area (Å²) in [5.74, 6) is -1.37. The van der Waals surface area contributed by atoms with Crippen LogP contribution in [0.4, 0.5) is 4.39 Å². The monoisotopic (exact) mass is 249 g/mol. The number of alkyl halides is 1. The fourth-order valence-corrected chi connectivity index (χ4v) is 1.07. The van der Waals surface area contributed by atoms with Gasteiger partial charge in [0.15, 0.2) is 12.3 Å². The number of carbonyl (C=O) groups is 2. The molecule has 0 aliphatic carbocycles. The van der Waals surface area contributed by atoms with Crippen LogP contribution in [0.3, 0.4) is 0 Å². The van der Waals surface area contributed by atoms with E-state index in [9.17, 15) is 19.1 Å². The van der Waals surface area contributed by atoms with Gasteiger partial charge in [-0.2, -0.15) is 0 Å². The number of hydrogen-bond acceptors (Lipinski definition) is 6. The van der Waals surface area contributed by atoms with Crippen LogP contribution in [-0.4, -0.2) is 55.3 Å². The molecule has 0 aliphatic heterocycles. The molecule has 0 aromatic carbocycles. The summed E-state index contributed by atoms with van der Waals surface area (Å²) >= 11 is 0. The van der Waals surface area contributed by atoms with Crippen molar-refractivity contribution in [1.29, 1.82) is 0 Å². The van der Waals surface area contributed by atoms with Gasteiger partial charge in [-0.3, -0.25) is 14.6 Å². The maximum absolute atomic E-state index is 13.5. The van der Waals surface area contributed by atoms with E-state index in [2.05, 4.69) is 14.5 Å². The number of aliphatic imine (C=N–C) groups is 1. The van der Waals surface area contributed by atoms with E-state index in [-0.39, 0.29) is 0 Å². The number of rotatable bonds is 6. The average molecular weight is 249 g/mol. The standard InChI is InChI=1S/C10H16FNO5/c1-6(13)16-5-9(15)10(17-7(2)14)8(11)4-12-3/h4,8-10,15H,5H2,1-3H3/t8-,9-,10+/m1/s1. The molecule has 0 bridgehead atoms. The van der Waals surface area contributed by atoms with Crippen LogP contribution in [0, 0.1) is 0 Å². The van der Waals surface area contributed by atoms with Gasteiger partial charge in [-0.15, -0.1) is 0 Å². The molecule has 0 heterocycles. The molecular formula is C10H16FNO5. The van der Waals surface area contributed by atoms with Crippen molar-refractivity contribution in [3.8, 4) is 0 Å². The van der Waals surface area contributed by atoms with Gasteiger partial charge in [0.2, 0.25) is 0 Å². The third-order valence-corrected chi connectivity index (χ3v) is 1.74. The molecule has 0 aromatic heterocycles. The van der Waals surface area contributed by atoms with Crippen molar-refractivity contribution < 1.29 is 28.6 Å². The molecule has 17 heavy (non-hydrogen) atoms. The van der Waals surface area contributed by atoms with E-state index >= 15 is 0 Å². The molecule has 0 spiro atoms. The molecule has 0 aliphatic rings. The van der Waals surface area contributed by atoms with Crippen LogP contribution in [0.1, 0.15) is 13.8 Å². The van der Waals surface area contributed by atoms with Gasteiger partial charge in [0.05, 0.1) is 0 Å². The Kier molecular flexibility index (Phi) is 7.04. The lowest BCUT2D eigenvalue weighted by Gasteiger charge is -2.23. The number of ether oxygens (including phenoxy) is 2. The van der Waals surface area contributed by atoms with E-state index < -0.39 is 36.9 Å². The van der Waals surface area contributed by atoms with Gasteiger partial charge in [-0.05, 0) is 0 Å². The molecule has 0 radical (unpaired) electrons. The molecule has 3 atom stereocenters. The van der Waals surface area contributed by atoms with Crippen LogP contribution >= 0.6 is 0 Å². The minimum atomic E-state index is -1.77. The second kappa shape index (κ2) is 7.72. The van der Waals surface area contributed by atoms with Crippen molar-refractivity contribution in [3.63, 3.8) is 0 Å². The fraction of sp³-hybridized carbons (Fsp3) is 0.700. The van der Waals surface area contributed by atoms with Gasteiger partial charge >= 0.3 is 11.9 Å². The minimum Gasteiger partial charge on any atom is -0.463 e. The van der Waals surface area contributed by atoms with Crippen molar-refractivity contribution >= 4 is 18.2 Å². The smallest absolute Gasteiger partial charge is 0.303 e. The second-order valence-electron chi connectivity index (χ2n) is 3.30. The number of aliphatic hydroxyl groups is 1. The van der Waals surface area contributed by atoms with Crippen molar-refractivity contribution in [2.45, 2.75) is 32.2 Å². The van der Waals surface area contributed by atoms with E-state index in [1.807, 2.05) is 0 Å². The molecule has 0 aromatic rings. The first-order chi connectivity index (χ1) is 7.88. The van der Waals surface area contributed by atoms with Crippen LogP contribution in [0.25, 0.3) is 0 Å². The molecule has 0 fully saturated rings. The fourth-order valence-electron chi connectivity index (χ4n) is 1.07. The van der Waals surface area contributed by atoms with Crippen molar-refractivity contribution in [3.05, 3.63) is 0 Å². The number of aliphatic hydroxyl groups excluding tert-OH is 1. The Morgan fingerprint density at radius 1 is 1.41 bits per heavy atom. The molecule has 7 heteroatoms. The lowest BCUT2D eigenvalue weighted by atomic mass is 10.1. The minimum absolute atomic E-state index is 0.453. The largest absolute Gasteiger partial charge is 0.463 e. The van der Waals surface area contributed by atoms with Gasteiger partial charge in [0, 0.05) is 27.1 Å². The quantitative estimate of drug-likeness (QED) is 0.524. The third kappa shape index (κ3) is 6.62. The summed E-state index contributed by atoms with van der Waals surface area (Å²) in [5, 5.41) is 9.55. The van der Waals surface area contributed by atoms with Crippen molar-refractivity contribution in [2.75, 3.05) is 13.7 Å². The Morgan fingerprint density at radius 3 is 2.41 bits per heavy atom. The third-order valence-electron chi connectivity index (χ3n) is 1.74. The summed E-state index contributed by atoms with van der Waals surface area (Å²) in [6.45, 7) is 1.78. The van der Waals surface area contributed by atoms with Crippen LogP contribution in [0.5, 0.6) is 0 Å². The highest BCUT2D eigenvalue weighted by molar-refractivity contribution is 5.69. The van der Waals surface area contributed by atoms with Crippen LogP contribution in [-0.2, 0) is 19.1 Å². The maximum Gasteiger partial charge on any atom is 0.303 e. The van der Waals surface area contributed by atoms with E-state index in [0.29, 0.717) is 0 Å². The zero-order valence-electron chi connectivity index (χ0n) is 9.92. The molecule has 98 valence electrons. The van der Waals surface area contributed by atoms with E-state index in [1.54, 1.807) is 0 Å². The molecule has 0 rings (SSSR count). The highest BCUT2D eigenvalue weighted by Gasteiger charge is 2.31. The topological polar surface area (TPSA) is 85.2 Å². The SMILES string of the molecule is CN=C[C@@H](F)[C@H](OC(C)=O)[C@H](O)COC(C)=O. The van der Waals surface area contributed by atoms with Gasteiger partial charge in [-0.25, -0.2) is 4.39 Å². The maximum atomic E-state index is 13.5. The molecular weight excluding hydrogens is 233 g/mol. The number of esters is 2. The first kappa shape index (κ1) is 15.5. The predicted molar refractivity (Wildman–Crippen MR) is 57.5 cm³/mol. The highest BCUT2D eigenvalue weighted by Crippen LogP contribution is 2.09. The van der Waals surface area contributed by atoms with Gasteiger partial charge in [0.1, 0.15) is 12.7 Å². The van der Waals surface area contributed by atoms with E-state index in [0.717, 1.165) is 20.1 Å². The Labute approximate surface area is 98.4 Å². The first-order valence-corrected chi connectivity index (χ1v) is 4.93. The van der Waals surface area contributed by atoms with Crippen LogP contribution < -0.4 is 0 Å². The normalized spacial score (nSPS) is 16.3. The number of halogens is 1. The molecule has 1 N–H and O–H groups in total. The summed E-state index contributed by atoms with van der Waals surface area (Å²) in [7, 11) is 1.34. The Hall–Kier alpha value is -1.50. The second-order valence-corrected chi connectivity index (χ2v) is 3.30. The summed E-state index contributed by atoms with van der Waals surface area (Å²) in [6.07, 6.45) is -3.77. The number of nitrogens with zero attached hydrogens (tertiary/aromatic N) is 1. The van der Waals surface area contributed by atoms with E-state index in [1.165, 1.54) is 7.05 Å². The Bertz CT molecular complexity index is 294. The molecule has 0 amide bonds. The lowest BCUT2D eigenvalue weighted by molar-refractivity contribution is -0.161. The van der Waals surface area contributed by atoms with Crippen molar-refractivity contribution in [1.82, 2.24) is 0 Å². The van der Waals surface area contributed by atoms with Crippen molar-refractivity contribution in [2.24, 2.45) is 4.99 Å². The molecule has 6 nitrogen and oxygen atoms in total.